The van der Waals surface area contributed by atoms with Crippen molar-refractivity contribution < 1.29 is 5.11 Å². The van der Waals surface area contributed by atoms with Crippen LogP contribution in [-0.4, -0.2) is 11.2 Å². The molecule has 0 aromatic heterocycles. The first kappa shape index (κ1) is 18.0. The predicted molar refractivity (Wildman–Crippen MR) is 93.3 cm³/mol. The third-order valence-corrected chi connectivity index (χ3v) is 4.78. The second kappa shape index (κ2) is 7.79. The van der Waals surface area contributed by atoms with Crippen molar-refractivity contribution in [1.82, 2.24) is 0 Å². The van der Waals surface area contributed by atoms with Crippen molar-refractivity contribution in [2.75, 3.05) is 0 Å². The van der Waals surface area contributed by atoms with Crippen LogP contribution in [0.1, 0.15) is 67.2 Å². The average Bonchev–Trinajstić information content (AvgIpc) is 2.42. The number of hydrogen-bond donors (Lipinski definition) is 1. The fourth-order valence-corrected chi connectivity index (χ4v) is 3.00. The molecule has 0 amide bonds. The second-order valence-electron chi connectivity index (χ2n) is 6.99. The molecule has 0 heterocycles. The molecule has 1 nitrogen and oxygen atoms in total. The lowest BCUT2D eigenvalue weighted by Crippen LogP contribution is -2.20. The van der Waals surface area contributed by atoms with Crippen molar-refractivity contribution in [2.45, 2.75) is 73.3 Å². The Balaban J connectivity index is 2.77. The molecule has 1 rings (SSSR count). The van der Waals surface area contributed by atoms with Gasteiger partial charge in [-0.05, 0) is 64.4 Å². The first-order valence-corrected chi connectivity index (χ1v) is 8.13. The van der Waals surface area contributed by atoms with Gasteiger partial charge >= 0.3 is 0 Å². The zero-order chi connectivity index (χ0) is 16.0. The number of hydrogen-bond acceptors (Lipinski definition) is 1. The molecule has 1 aliphatic carbocycles. The summed E-state index contributed by atoms with van der Waals surface area (Å²) in [6.07, 6.45) is 12.4. The van der Waals surface area contributed by atoms with Crippen LogP contribution in [-0.2, 0) is 0 Å². The molecule has 0 spiro atoms. The van der Waals surface area contributed by atoms with Gasteiger partial charge in [0.2, 0.25) is 0 Å². The third kappa shape index (κ3) is 5.32. The Morgan fingerprint density at radius 2 is 2.00 bits per heavy atom. The molecule has 0 saturated heterocycles. The largest absolute Gasteiger partial charge is 0.385 e. The Hall–Kier alpha value is -1.08. The summed E-state index contributed by atoms with van der Waals surface area (Å²) in [7, 11) is 0. The SMILES string of the molecule is CC=C(C)C=CC(O)C(C)=CCC1=C(C)CCCC1(C)C. The van der Waals surface area contributed by atoms with Crippen molar-refractivity contribution in [3.63, 3.8) is 0 Å². The van der Waals surface area contributed by atoms with E-state index in [0.29, 0.717) is 5.41 Å². The van der Waals surface area contributed by atoms with E-state index in [0.717, 1.165) is 12.0 Å². The van der Waals surface area contributed by atoms with Gasteiger partial charge in [-0.15, -0.1) is 0 Å². The highest BCUT2D eigenvalue weighted by molar-refractivity contribution is 5.27. The number of rotatable bonds is 5. The van der Waals surface area contributed by atoms with Gasteiger partial charge in [-0.3, -0.25) is 0 Å². The van der Waals surface area contributed by atoms with Gasteiger partial charge in [-0.1, -0.05) is 54.9 Å². The molecule has 0 bridgehead atoms. The van der Waals surface area contributed by atoms with Crippen LogP contribution in [0, 0.1) is 5.41 Å². The molecular formula is C20H32O. The zero-order valence-corrected chi connectivity index (χ0v) is 14.7. The van der Waals surface area contributed by atoms with E-state index in [1.54, 1.807) is 11.1 Å². The maximum Gasteiger partial charge on any atom is 0.0932 e. The molecule has 1 atom stereocenters. The summed E-state index contributed by atoms with van der Waals surface area (Å²) >= 11 is 0. The minimum atomic E-state index is -0.479. The lowest BCUT2D eigenvalue weighted by atomic mass is 9.71. The zero-order valence-electron chi connectivity index (χ0n) is 14.7. The van der Waals surface area contributed by atoms with E-state index < -0.39 is 6.10 Å². The average molecular weight is 288 g/mol. The minimum Gasteiger partial charge on any atom is -0.385 e. The molecule has 0 aliphatic heterocycles. The normalized spacial score (nSPS) is 22.0. The maximum atomic E-state index is 10.2. The monoisotopic (exact) mass is 288 g/mol. The Bertz CT molecular complexity index is 472. The van der Waals surface area contributed by atoms with E-state index in [1.807, 2.05) is 39.0 Å². The van der Waals surface area contributed by atoms with Gasteiger partial charge in [0.05, 0.1) is 6.10 Å². The predicted octanol–water partition coefficient (Wildman–Crippen LogP) is 5.73. The van der Waals surface area contributed by atoms with Crippen molar-refractivity contribution >= 4 is 0 Å². The van der Waals surface area contributed by atoms with E-state index in [9.17, 15) is 5.11 Å². The molecular weight excluding hydrogens is 256 g/mol. The molecule has 118 valence electrons. The smallest absolute Gasteiger partial charge is 0.0932 e. The summed E-state index contributed by atoms with van der Waals surface area (Å²) in [5.41, 5.74) is 5.63. The van der Waals surface area contributed by atoms with Gasteiger partial charge in [-0.2, -0.15) is 0 Å². The Kier molecular flexibility index (Phi) is 6.67. The maximum absolute atomic E-state index is 10.2. The van der Waals surface area contributed by atoms with Crippen LogP contribution in [0.5, 0.6) is 0 Å². The van der Waals surface area contributed by atoms with Gasteiger partial charge in [0.15, 0.2) is 0 Å². The molecule has 0 fully saturated rings. The van der Waals surface area contributed by atoms with Crippen molar-refractivity contribution in [2.24, 2.45) is 5.41 Å². The molecule has 0 aromatic carbocycles. The summed E-state index contributed by atoms with van der Waals surface area (Å²) in [4.78, 5) is 0. The first-order valence-electron chi connectivity index (χ1n) is 8.13. The highest BCUT2D eigenvalue weighted by Crippen LogP contribution is 2.42. The van der Waals surface area contributed by atoms with Crippen molar-refractivity contribution in [3.8, 4) is 0 Å². The van der Waals surface area contributed by atoms with E-state index >= 15 is 0 Å². The third-order valence-electron chi connectivity index (χ3n) is 4.78. The fourth-order valence-electron chi connectivity index (χ4n) is 3.00. The van der Waals surface area contributed by atoms with Crippen LogP contribution in [0.2, 0.25) is 0 Å². The molecule has 1 unspecified atom stereocenters. The van der Waals surface area contributed by atoms with E-state index in [4.69, 9.17) is 0 Å². The summed E-state index contributed by atoms with van der Waals surface area (Å²) in [6.45, 7) is 13.0. The topological polar surface area (TPSA) is 20.2 Å². The van der Waals surface area contributed by atoms with Crippen molar-refractivity contribution in [1.29, 1.82) is 0 Å². The molecule has 0 saturated carbocycles. The molecule has 1 heteroatoms. The van der Waals surface area contributed by atoms with Gasteiger partial charge in [0, 0.05) is 0 Å². The van der Waals surface area contributed by atoms with E-state index in [2.05, 4.69) is 26.8 Å². The van der Waals surface area contributed by atoms with Crippen molar-refractivity contribution in [3.05, 3.63) is 46.6 Å². The Morgan fingerprint density at radius 1 is 1.33 bits per heavy atom. The minimum absolute atomic E-state index is 0.307. The number of allylic oxidation sites excluding steroid dienone is 6. The lowest BCUT2D eigenvalue weighted by Gasteiger charge is -2.34. The standard InChI is InChI=1S/C20H32O/c1-7-15(2)10-13-19(21)17(4)11-12-18-16(3)9-8-14-20(18,5)6/h7,10-11,13,19,21H,8-9,12,14H2,1-6H3. The molecule has 0 aromatic rings. The highest BCUT2D eigenvalue weighted by Gasteiger charge is 2.27. The van der Waals surface area contributed by atoms with Gasteiger partial charge in [-0.25, -0.2) is 0 Å². The summed E-state index contributed by atoms with van der Waals surface area (Å²) in [5.74, 6) is 0. The summed E-state index contributed by atoms with van der Waals surface area (Å²) in [6, 6.07) is 0. The Morgan fingerprint density at radius 3 is 2.57 bits per heavy atom. The van der Waals surface area contributed by atoms with E-state index in [1.165, 1.54) is 24.8 Å². The summed E-state index contributed by atoms with van der Waals surface area (Å²) < 4.78 is 0. The Labute approximate surface area is 131 Å². The lowest BCUT2D eigenvalue weighted by molar-refractivity contribution is 0.258. The second-order valence-corrected chi connectivity index (χ2v) is 6.99. The van der Waals surface area contributed by atoms with Gasteiger partial charge in [0.1, 0.15) is 0 Å². The van der Waals surface area contributed by atoms with Crippen LogP contribution < -0.4 is 0 Å². The van der Waals surface area contributed by atoms with Crippen LogP contribution in [0.3, 0.4) is 0 Å². The fraction of sp³-hybridized carbons (Fsp3) is 0.600. The summed E-state index contributed by atoms with van der Waals surface area (Å²) in [5, 5.41) is 10.2. The van der Waals surface area contributed by atoms with Crippen LogP contribution >= 0.6 is 0 Å². The van der Waals surface area contributed by atoms with E-state index in [-0.39, 0.29) is 0 Å². The van der Waals surface area contributed by atoms with Gasteiger partial charge in [0.25, 0.3) is 0 Å². The molecule has 1 aliphatic rings. The highest BCUT2D eigenvalue weighted by atomic mass is 16.3. The number of aliphatic hydroxyl groups excluding tert-OH is 1. The molecule has 1 N–H and O–H groups in total. The molecule has 21 heavy (non-hydrogen) atoms. The van der Waals surface area contributed by atoms with Crippen LogP contribution in [0.4, 0.5) is 0 Å². The van der Waals surface area contributed by atoms with Crippen LogP contribution in [0.15, 0.2) is 46.6 Å². The molecule has 0 radical (unpaired) electrons. The first-order chi connectivity index (χ1) is 9.77. The number of aliphatic hydroxyl groups is 1. The quantitative estimate of drug-likeness (QED) is 0.506. The van der Waals surface area contributed by atoms with Gasteiger partial charge < -0.3 is 5.11 Å². The van der Waals surface area contributed by atoms with Crippen LogP contribution in [0.25, 0.3) is 0 Å².